The maximum Gasteiger partial charge on any atom is 0.180 e. The molecule has 0 saturated heterocycles. The van der Waals surface area contributed by atoms with Crippen molar-refractivity contribution in [2.75, 3.05) is 33.5 Å². The molecule has 0 aliphatic heterocycles. The highest BCUT2D eigenvalue weighted by Gasteiger charge is 1.95. The molecule has 1 aromatic heterocycles. The molecule has 5 nitrogen and oxygen atoms in total. The lowest BCUT2D eigenvalue weighted by Crippen LogP contribution is -2.15. The van der Waals surface area contributed by atoms with Crippen LogP contribution in [0.4, 0.5) is 0 Å². The maximum absolute atomic E-state index is 5.35. The van der Waals surface area contributed by atoms with Crippen LogP contribution >= 0.6 is 0 Å². The number of hydrogen-bond acceptors (Lipinski definition) is 5. The first kappa shape index (κ1) is 13.2. The van der Waals surface area contributed by atoms with E-state index < -0.39 is 0 Å². The van der Waals surface area contributed by atoms with E-state index in [9.17, 15) is 0 Å². The quantitative estimate of drug-likeness (QED) is 0.610. The second-order valence-corrected chi connectivity index (χ2v) is 3.46. The molecule has 16 heavy (non-hydrogen) atoms. The van der Waals surface area contributed by atoms with Gasteiger partial charge in [-0.05, 0) is 19.4 Å². The molecule has 0 spiro atoms. The van der Waals surface area contributed by atoms with Crippen molar-refractivity contribution in [2.24, 2.45) is 0 Å². The molecule has 1 N–H and O–H groups in total. The Morgan fingerprint density at radius 3 is 3.00 bits per heavy atom. The van der Waals surface area contributed by atoms with Crippen LogP contribution in [0.5, 0.6) is 0 Å². The fourth-order valence-corrected chi connectivity index (χ4v) is 1.24. The Kier molecular flexibility index (Phi) is 7.67. The molecule has 0 unspecified atom stereocenters. The second-order valence-electron chi connectivity index (χ2n) is 3.46. The lowest BCUT2D eigenvalue weighted by molar-refractivity contribution is 0.0688. The predicted molar refractivity (Wildman–Crippen MR) is 60.1 cm³/mol. The highest BCUT2D eigenvalue weighted by Crippen LogP contribution is 1.95. The first-order chi connectivity index (χ1) is 7.93. The van der Waals surface area contributed by atoms with Gasteiger partial charge >= 0.3 is 0 Å². The minimum absolute atomic E-state index is 0.670. The summed E-state index contributed by atoms with van der Waals surface area (Å²) in [6.45, 7) is 3.86. The summed E-state index contributed by atoms with van der Waals surface area (Å²) in [6, 6.07) is 0. The van der Waals surface area contributed by atoms with Crippen molar-refractivity contribution in [1.82, 2.24) is 10.3 Å². The van der Waals surface area contributed by atoms with Crippen LogP contribution in [0.15, 0.2) is 17.0 Å². The fourth-order valence-electron chi connectivity index (χ4n) is 1.24. The van der Waals surface area contributed by atoms with Gasteiger partial charge in [-0.3, -0.25) is 0 Å². The number of aromatic nitrogens is 1. The van der Waals surface area contributed by atoms with Gasteiger partial charge in [0.1, 0.15) is 5.76 Å². The van der Waals surface area contributed by atoms with Gasteiger partial charge < -0.3 is 19.2 Å². The minimum Gasteiger partial charge on any atom is -0.447 e. The van der Waals surface area contributed by atoms with Crippen LogP contribution in [0.2, 0.25) is 0 Å². The smallest absolute Gasteiger partial charge is 0.180 e. The van der Waals surface area contributed by atoms with Crippen LogP contribution in [0.1, 0.15) is 18.6 Å². The SMILES string of the molecule is COCCOCCCCNCc1cnco1. The summed E-state index contributed by atoms with van der Waals surface area (Å²) in [5.41, 5.74) is 0. The summed E-state index contributed by atoms with van der Waals surface area (Å²) in [7, 11) is 1.68. The van der Waals surface area contributed by atoms with Gasteiger partial charge in [-0.2, -0.15) is 0 Å². The summed E-state index contributed by atoms with van der Waals surface area (Å²) in [4.78, 5) is 3.84. The van der Waals surface area contributed by atoms with Gasteiger partial charge in [0.15, 0.2) is 6.39 Å². The van der Waals surface area contributed by atoms with Crippen LogP contribution in [-0.2, 0) is 16.0 Å². The zero-order valence-electron chi connectivity index (χ0n) is 9.78. The number of nitrogens with zero attached hydrogens (tertiary/aromatic N) is 1. The summed E-state index contributed by atoms with van der Waals surface area (Å²) in [5, 5.41) is 3.28. The first-order valence-corrected chi connectivity index (χ1v) is 5.58. The topological polar surface area (TPSA) is 56.5 Å². The second kappa shape index (κ2) is 9.33. The van der Waals surface area contributed by atoms with Crippen molar-refractivity contribution < 1.29 is 13.9 Å². The third-order valence-corrected chi connectivity index (χ3v) is 2.11. The molecular weight excluding hydrogens is 208 g/mol. The highest BCUT2D eigenvalue weighted by atomic mass is 16.5. The van der Waals surface area contributed by atoms with Crippen molar-refractivity contribution >= 4 is 0 Å². The van der Waals surface area contributed by atoms with Gasteiger partial charge in [0.05, 0.1) is 26.0 Å². The minimum atomic E-state index is 0.670. The monoisotopic (exact) mass is 228 g/mol. The number of methoxy groups -OCH3 is 1. The van der Waals surface area contributed by atoms with E-state index in [2.05, 4.69) is 10.3 Å². The number of oxazole rings is 1. The lowest BCUT2D eigenvalue weighted by Gasteiger charge is -2.04. The Bertz CT molecular complexity index is 239. The Balaban J connectivity index is 1.78. The van der Waals surface area contributed by atoms with Crippen molar-refractivity contribution in [3.63, 3.8) is 0 Å². The molecule has 0 saturated carbocycles. The number of hydrogen-bond donors (Lipinski definition) is 1. The normalized spacial score (nSPS) is 10.8. The number of unbranched alkanes of at least 4 members (excludes halogenated alkanes) is 1. The summed E-state index contributed by atoms with van der Waals surface area (Å²) < 4.78 is 15.3. The van der Waals surface area contributed by atoms with E-state index in [-0.39, 0.29) is 0 Å². The molecule has 0 aliphatic rings. The molecule has 1 rings (SSSR count). The average molecular weight is 228 g/mol. The molecular formula is C11H20N2O3. The molecule has 0 aromatic carbocycles. The van der Waals surface area contributed by atoms with Gasteiger partial charge in [-0.1, -0.05) is 0 Å². The van der Waals surface area contributed by atoms with E-state index in [0.29, 0.717) is 13.2 Å². The molecule has 0 atom stereocenters. The van der Waals surface area contributed by atoms with E-state index in [4.69, 9.17) is 13.9 Å². The highest BCUT2D eigenvalue weighted by molar-refractivity contribution is 4.86. The Hall–Kier alpha value is -0.910. The largest absolute Gasteiger partial charge is 0.447 e. The van der Waals surface area contributed by atoms with Gasteiger partial charge in [0.2, 0.25) is 0 Å². The van der Waals surface area contributed by atoms with Crippen molar-refractivity contribution in [3.05, 3.63) is 18.4 Å². The molecule has 92 valence electrons. The Morgan fingerprint density at radius 1 is 1.31 bits per heavy atom. The van der Waals surface area contributed by atoms with Gasteiger partial charge in [-0.15, -0.1) is 0 Å². The third kappa shape index (κ3) is 6.55. The van der Waals surface area contributed by atoms with E-state index in [1.807, 2.05) is 0 Å². The van der Waals surface area contributed by atoms with Crippen molar-refractivity contribution in [3.8, 4) is 0 Å². The van der Waals surface area contributed by atoms with Gasteiger partial charge in [0.25, 0.3) is 0 Å². The van der Waals surface area contributed by atoms with Crippen molar-refractivity contribution in [2.45, 2.75) is 19.4 Å². The fraction of sp³-hybridized carbons (Fsp3) is 0.727. The third-order valence-electron chi connectivity index (χ3n) is 2.11. The Labute approximate surface area is 96.1 Å². The van der Waals surface area contributed by atoms with E-state index >= 15 is 0 Å². The number of rotatable bonds is 10. The van der Waals surface area contributed by atoms with Crippen LogP contribution in [0.3, 0.4) is 0 Å². The zero-order valence-corrected chi connectivity index (χ0v) is 9.78. The molecule has 5 heteroatoms. The molecule has 0 bridgehead atoms. The van der Waals surface area contributed by atoms with Crippen LogP contribution in [-0.4, -0.2) is 38.5 Å². The molecule has 0 amide bonds. The molecule has 0 aliphatic carbocycles. The zero-order chi connectivity index (χ0) is 11.5. The van der Waals surface area contributed by atoms with E-state index in [0.717, 1.165) is 38.3 Å². The predicted octanol–water partition coefficient (Wildman–Crippen LogP) is 1.21. The average Bonchev–Trinajstić information content (AvgIpc) is 2.80. The molecule has 1 aromatic rings. The van der Waals surface area contributed by atoms with E-state index in [1.54, 1.807) is 13.3 Å². The van der Waals surface area contributed by atoms with Crippen LogP contribution in [0, 0.1) is 0 Å². The number of ether oxygens (including phenoxy) is 2. The molecule has 0 fully saturated rings. The first-order valence-electron chi connectivity index (χ1n) is 5.58. The number of nitrogens with one attached hydrogen (secondary N) is 1. The van der Waals surface area contributed by atoms with Crippen LogP contribution < -0.4 is 5.32 Å². The molecule has 1 heterocycles. The summed E-state index contributed by atoms with van der Waals surface area (Å²) in [5.74, 6) is 0.872. The van der Waals surface area contributed by atoms with Gasteiger partial charge in [-0.25, -0.2) is 4.98 Å². The van der Waals surface area contributed by atoms with E-state index in [1.165, 1.54) is 6.39 Å². The Morgan fingerprint density at radius 2 is 2.25 bits per heavy atom. The summed E-state index contributed by atoms with van der Waals surface area (Å²) in [6.07, 6.45) is 5.33. The maximum atomic E-state index is 5.35. The summed E-state index contributed by atoms with van der Waals surface area (Å²) >= 11 is 0. The van der Waals surface area contributed by atoms with Crippen LogP contribution in [0.25, 0.3) is 0 Å². The standard InChI is InChI=1S/C11H20N2O3/c1-14-6-7-15-5-3-2-4-12-8-11-9-13-10-16-11/h9-10,12H,2-8H2,1H3. The van der Waals surface area contributed by atoms with Gasteiger partial charge in [0, 0.05) is 13.7 Å². The van der Waals surface area contributed by atoms with Crippen molar-refractivity contribution in [1.29, 1.82) is 0 Å². The lowest BCUT2D eigenvalue weighted by atomic mass is 10.3. The molecule has 0 radical (unpaired) electrons.